The second-order valence-electron chi connectivity index (χ2n) is 16.4. The van der Waals surface area contributed by atoms with Crippen LogP contribution >= 0.6 is 0 Å². The van der Waals surface area contributed by atoms with Gasteiger partial charge in [-0.15, -0.1) is 0 Å². The van der Waals surface area contributed by atoms with Crippen LogP contribution in [0, 0.1) is 0 Å². The van der Waals surface area contributed by atoms with Crippen molar-refractivity contribution < 1.29 is 20.1 Å². The standard InChI is InChI=1S/C49H93NO4/c1-3-5-7-9-11-13-15-17-19-21-22-23-24-25-27-28-30-32-34-36-38-40-42-46(52)44-49(54)50-47(45-51)48(53)43-41-39-37-35-33-31-29-26-20-18-16-14-12-10-8-6-4-2/h20,26,33,35,41,43,46-48,51-53H,3-19,21-25,27-32,34,36-40,42,44-45H2,1-2H3,(H,50,54)/b26-20+,35-33+,43-41+. The Morgan fingerprint density at radius 2 is 0.796 bits per heavy atom. The molecular formula is C49H93NO4. The first-order valence-corrected chi connectivity index (χ1v) is 23.8. The molecule has 0 spiro atoms. The Balaban J connectivity index is 3.66. The van der Waals surface area contributed by atoms with E-state index in [9.17, 15) is 20.1 Å². The average Bonchev–Trinajstić information content (AvgIpc) is 3.16. The van der Waals surface area contributed by atoms with Crippen LogP contribution < -0.4 is 5.32 Å². The Labute approximate surface area is 336 Å². The van der Waals surface area contributed by atoms with Crippen LogP contribution in [0.4, 0.5) is 0 Å². The SMILES string of the molecule is CCCCCCCCC/C=C/CC/C=C/CC/C=C/C(O)C(CO)NC(=O)CC(O)CCCCCCCCCCCCCCCCCCCCCCCC. The van der Waals surface area contributed by atoms with Crippen LogP contribution in [0.15, 0.2) is 36.5 Å². The van der Waals surface area contributed by atoms with Gasteiger partial charge in [-0.05, 0) is 44.9 Å². The summed E-state index contributed by atoms with van der Waals surface area (Å²) in [7, 11) is 0. The molecule has 3 atom stereocenters. The summed E-state index contributed by atoms with van der Waals surface area (Å²) in [6.07, 6.45) is 55.8. The van der Waals surface area contributed by atoms with Gasteiger partial charge in [-0.1, -0.05) is 230 Å². The number of rotatable bonds is 43. The number of hydrogen-bond acceptors (Lipinski definition) is 4. The third-order valence-corrected chi connectivity index (χ3v) is 10.9. The highest BCUT2D eigenvalue weighted by Crippen LogP contribution is 2.16. The van der Waals surface area contributed by atoms with Gasteiger partial charge in [0, 0.05) is 0 Å². The quantitative estimate of drug-likeness (QED) is 0.0368. The third kappa shape index (κ3) is 40.2. The van der Waals surface area contributed by atoms with Crippen LogP contribution in [0.3, 0.4) is 0 Å². The number of unbranched alkanes of at least 4 members (excludes halogenated alkanes) is 30. The Morgan fingerprint density at radius 1 is 0.463 bits per heavy atom. The van der Waals surface area contributed by atoms with Crippen LogP contribution in [0.5, 0.6) is 0 Å². The highest BCUT2D eigenvalue weighted by atomic mass is 16.3. The normalized spacial score (nSPS) is 13.8. The molecule has 0 aromatic carbocycles. The van der Waals surface area contributed by atoms with E-state index in [-0.39, 0.29) is 18.9 Å². The number of allylic oxidation sites excluding steroid dienone is 5. The van der Waals surface area contributed by atoms with Gasteiger partial charge in [-0.3, -0.25) is 4.79 Å². The number of aliphatic hydroxyl groups is 3. The second-order valence-corrected chi connectivity index (χ2v) is 16.4. The van der Waals surface area contributed by atoms with Gasteiger partial charge in [0.1, 0.15) is 0 Å². The van der Waals surface area contributed by atoms with E-state index < -0.39 is 18.2 Å². The lowest BCUT2D eigenvalue weighted by Crippen LogP contribution is -2.45. The highest BCUT2D eigenvalue weighted by molar-refractivity contribution is 5.76. The molecule has 0 rings (SSSR count). The maximum absolute atomic E-state index is 12.5. The largest absolute Gasteiger partial charge is 0.394 e. The molecule has 0 aromatic rings. The lowest BCUT2D eigenvalue weighted by Gasteiger charge is -2.21. The van der Waals surface area contributed by atoms with E-state index in [0.29, 0.717) is 6.42 Å². The van der Waals surface area contributed by atoms with Crippen molar-refractivity contribution in [1.82, 2.24) is 5.32 Å². The van der Waals surface area contributed by atoms with Gasteiger partial charge < -0.3 is 20.6 Å². The van der Waals surface area contributed by atoms with Crippen molar-refractivity contribution in [1.29, 1.82) is 0 Å². The van der Waals surface area contributed by atoms with Crippen LogP contribution in [0.2, 0.25) is 0 Å². The first-order valence-electron chi connectivity index (χ1n) is 23.8. The lowest BCUT2D eigenvalue weighted by molar-refractivity contribution is -0.124. The van der Waals surface area contributed by atoms with E-state index in [1.54, 1.807) is 6.08 Å². The van der Waals surface area contributed by atoms with E-state index in [4.69, 9.17) is 0 Å². The van der Waals surface area contributed by atoms with Crippen molar-refractivity contribution in [3.05, 3.63) is 36.5 Å². The van der Waals surface area contributed by atoms with Gasteiger partial charge in [0.05, 0.1) is 31.3 Å². The number of carbonyl (C=O) groups excluding carboxylic acids is 1. The molecule has 5 nitrogen and oxygen atoms in total. The molecule has 0 saturated carbocycles. The molecule has 0 fully saturated rings. The number of amides is 1. The maximum Gasteiger partial charge on any atom is 0.222 e. The fraction of sp³-hybridized carbons (Fsp3) is 0.857. The zero-order valence-corrected chi connectivity index (χ0v) is 36.1. The topological polar surface area (TPSA) is 89.8 Å². The van der Waals surface area contributed by atoms with Crippen molar-refractivity contribution in [3.63, 3.8) is 0 Å². The second kappa shape index (κ2) is 44.3. The number of nitrogens with one attached hydrogen (secondary N) is 1. The van der Waals surface area contributed by atoms with Crippen molar-refractivity contribution in [3.8, 4) is 0 Å². The minimum atomic E-state index is -0.958. The maximum atomic E-state index is 12.5. The summed E-state index contributed by atoms with van der Waals surface area (Å²) in [5.74, 6) is -0.327. The number of carbonyl (C=O) groups is 1. The van der Waals surface area contributed by atoms with Crippen molar-refractivity contribution in [2.45, 2.75) is 263 Å². The molecule has 3 unspecified atom stereocenters. The van der Waals surface area contributed by atoms with Gasteiger partial charge in [-0.2, -0.15) is 0 Å². The summed E-state index contributed by atoms with van der Waals surface area (Å²) in [4.78, 5) is 12.5. The number of aliphatic hydroxyl groups excluding tert-OH is 3. The average molecular weight is 760 g/mol. The predicted octanol–water partition coefficient (Wildman–Crippen LogP) is 13.9. The van der Waals surface area contributed by atoms with Gasteiger partial charge in [-0.25, -0.2) is 0 Å². The minimum Gasteiger partial charge on any atom is -0.394 e. The van der Waals surface area contributed by atoms with E-state index >= 15 is 0 Å². The zero-order valence-electron chi connectivity index (χ0n) is 36.1. The van der Waals surface area contributed by atoms with E-state index in [1.807, 2.05) is 6.08 Å². The molecule has 0 aliphatic heterocycles. The first-order chi connectivity index (χ1) is 26.5. The molecular weight excluding hydrogens is 667 g/mol. The van der Waals surface area contributed by atoms with E-state index in [2.05, 4.69) is 43.5 Å². The minimum absolute atomic E-state index is 0.00525. The monoisotopic (exact) mass is 760 g/mol. The molecule has 0 bridgehead atoms. The molecule has 0 aliphatic carbocycles. The summed E-state index contributed by atoms with van der Waals surface area (Å²) in [5.41, 5.74) is 0. The van der Waals surface area contributed by atoms with Gasteiger partial charge >= 0.3 is 0 Å². The number of hydrogen-bond donors (Lipinski definition) is 4. The van der Waals surface area contributed by atoms with Crippen molar-refractivity contribution in [2.75, 3.05) is 6.61 Å². The summed E-state index contributed by atoms with van der Waals surface area (Å²) < 4.78 is 0. The molecule has 0 aliphatic rings. The molecule has 5 heteroatoms. The first kappa shape index (κ1) is 52.6. The molecule has 54 heavy (non-hydrogen) atoms. The van der Waals surface area contributed by atoms with Gasteiger partial charge in [0.25, 0.3) is 0 Å². The Hall–Kier alpha value is -1.43. The van der Waals surface area contributed by atoms with Crippen LogP contribution in [0.1, 0.15) is 245 Å². The Kier molecular flexibility index (Phi) is 43.1. The zero-order chi connectivity index (χ0) is 39.4. The van der Waals surface area contributed by atoms with E-state index in [0.717, 1.165) is 38.5 Å². The molecule has 4 N–H and O–H groups in total. The lowest BCUT2D eigenvalue weighted by atomic mass is 10.0. The van der Waals surface area contributed by atoms with Crippen LogP contribution in [0.25, 0.3) is 0 Å². The van der Waals surface area contributed by atoms with Crippen molar-refractivity contribution in [2.24, 2.45) is 0 Å². The summed E-state index contributed by atoms with van der Waals surface area (Å²) >= 11 is 0. The molecule has 0 saturated heterocycles. The van der Waals surface area contributed by atoms with Crippen molar-refractivity contribution >= 4 is 5.91 Å². The van der Waals surface area contributed by atoms with E-state index in [1.165, 1.54) is 180 Å². The van der Waals surface area contributed by atoms with Crippen LogP contribution in [-0.2, 0) is 4.79 Å². The molecule has 1 amide bonds. The fourth-order valence-electron chi connectivity index (χ4n) is 7.25. The Bertz CT molecular complexity index is 840. The smallest absolute Gasteiger partial charge is 0.222 e. The molecule has 318 valence electrons. The summed E-state index contributed by atoms with van der Waals surface area (Å²) in [5, 5.41) is 33.3. The van der Waals surface area contributed by atoms with Gasteiger partial charge in [0.15, 0.2) is 0 Å². The Morgan fingerprint density at radius 3 is 1.19 bits per heavy atom. The van der Waals surface area contributed by atoms with Crippen LogP contribution in [-0.4, -0.2) is 46.1 Å². The summed E-state index contributed by atoms with van der Waals surface area (Å²) in [6.45, 7) is 4.20. The third-order valence-electron chi connectivity index (χ3n) is 10.9. The predicted molar refractivity (Wildman–Crippen MR) is 236 cm³/mol. The fourth-order valence-corrected chi connectivity index (χ4v) is 7.25. The van der Waals surface area contributed by atoms with Gasteiger partial charge in [0.2, 0.25) is 5.91 Å². The molecule has 0 heterocycles. The molecule has 0 radical (unpaired) electrons. The highest BCUT2D eigenvalue weighted by Gasteiger charge is 2.20. The summed E-state index contributed by atoms with van der Waals surface area (Å²) in [6, 6.07) is -0.765. The molecule has 0 aromatic heterocycles.